The van der Waals surface area contributed by atoms with Crippen molar-refractivity contribution in [2.75, 3.05) is 16.8 Å². The minimum absolute atomic E-state index is 0.136. The first kappa shape index (κ1) is 19.2. The predicted molar refractivity (Wildman–Crippen MR) is 105 cm³/mol. The smallest absolute Gasteiger partial charge is 0.258 e. The van der Waals surface area contributed by atoms with E-state index in [-0.39, 0.29) is 17.2 Å². The molecule has 4 nitrogen and oxygen atoms in total. The summed E-state index contributed by atoms with van der Waals surface area (Å²) in [6, 6.07) is 18.3. The minimum atomic E-state index is -0.873. The largest absolute Gasteiger partial charge is 0.319 e. The number of amides is 2. The number of halogens is 2. The summed E-state index contributed by atoms with van der Waals surface area (Å²) < 4.78 is 26.8. The zero-order chi connectivity index (χ0) is 20.1. The summed E-state index contributed by atoms with van der Waals surface area (Å²) in [4.78, 5) is 26.9. The average molecular weight is 380 g/mol. The molecular formula is C22H18F2N2O2. The lowest BCUT2D eigenvalue weighted by molar-refractivity contribution is 0.0988. The van der Waals surface area contributed by atoms with Gasteiger partial charge in [0.05, 0.1) is 5.69 Å². The summed E-state index contributed by atoms with van der Waals surface area (Å²) in [5, 5.41) is 2.39. The van der Waals surface area contributed by atoms with Crippen LogP contribution in [0.3, 0.4) is 0 Å². The quantitative estimate of drug-likeness (QED) is 0.686. The van der Waals surface area contributed by atoms with Gasteiger partial charge in [0.1, 0.15) is 11.6 Å². The molecule has 0 bridgehead atoms. The van der Waals surface area contributed by atoms with Crippen LogP contribution in [0.2, 0.25) is 0 Å². The minimum Gasteiger partial charge on any atom is -0.319 e. The van der Waals surface area contributed by atoms with Crippen molar-refractivity contribution in [1.82, 2.24) is 0 Å². The van der Waals surface area contributed by atoms with Crippen LogP contribution < -0.4 is 10.2 Å². The Morgan fingerprint density at radius 3 is 2.29 bits per heavy atom. The van der Waals surface area contributed by atoms with E-state index in [0.29, 0.717) is 18.2 Å². The van der Waals surface area contributed by atoms with Gasteiger partial charge in [0.25, 0.3) is 11.8 Å². The van der Waals surface area contributed by atoms with Crippen molar-refractivity contribution in [3.05, 3.63) is 95.6 Å². The van der Waals surface area contributed by atoms with Gasteiger partial charge in [-0.3, -0.25) is 9.59 Å². The molecule has 0 aromatic heterocycles. The van der Waals surface area contributed by atoms with Crippen LogP contribution in [0.5, 0.6) is 0 Å². The molecule has 0 radical (unpaired) electrons. The summed E-state index contributed by atoms with van der Waals surface area (Å²) in [6.07, 6.45) is 0. The number of benzene rings is 3. The number of nitrogens with one attached hydrogen (secondary N) is 1. The highest BCUT2D eigenvalue weighted by Crippen LogP contribution is 2.19. The molecule has 0 aliphatic carbocycles. The zero-order valence-corrected chi connectivity index (χ0v) is 15.2. The standard InChI is InChI=1S/C22H18F2N2O2/c1-2-26(18-9-4-3-5-10-18)22(28)16-8-6-7-15(13-16)21(27)25-20-12-11-17(23)14-19(20)24/h3-14H,2H2,1H3,(H,25,27). The third-order valence-corrected chi connectivity index (χ3v) is 4.18. The van der Waals surface area contributed by atoms with Crippen molar-refractivity contribution < 1.29 is 18.4 Å². The van der Waals surface area contributed by atoms with Crippen LogP contribution in [0.4, 0.5) is 20.2 Å². The van der Waals surface area contributed by atoms with E-state index in [2.05, 4.69) is 5.32 Å². The maximum absolute atomic E-state index is 13.8. The summed E-state index contributed by atoms with van der Waals surface area (Å²) in [5.74, 6) is -2.45. The fourth-order valence-corrected chi connectivity index (χ4v) is 2.79. The zero-order valence-electron chi connectivity index (χ0n) is 15.2. The van der Waals surface area contributed by atoms with Crippen LogP contribution in [0, 0.1) is 11.6 Å². The molecule has 0 unspecified atom stereocenters. The first-order chi connectivity index (χ1) is 13.5. The van der Waals surface area contributed by atoms with Crippen LogP contribution in [-0.2, 0) is 0 Å². The number of carbonyl (C=O) groups excluding carboxylic acids is 2. The molecule has 0 spiro atoms. The Morgan fingerprint density at radius 2 is 1.61 bits per heavy atom. The van der Waals surface area contributed by atoms with Crippen molar-refractivity contribution in [2.45, 2.75) is 6.92 Å². The van der Waals surface area contributed by atoms with E-state index in [4.69, 9.17) is 0 Å². The molecule has 3 rings (SSSR count). The molecule has 0 saturated heterocycles. The molecule has 6 heteroatoms. The second kappa shape index (κ2) is 8.43. The third-order valence-electron chi connectivity index (χ3n) is 4.18. The highest BCUT2D eigenvalue weighted by Gasteiger charge is 2.18. The topological polar surface area (TPSA) is 49.4 Å². The van der Waals surface area contributed by atoms with E-state index in [1.165, 1.54) is 12.1 Å². The maximum atomic E-state index is 13.8. The Hall–Kier alpha value is -3.54. The van der Waals surface area contributed by atoms with E-state index >= 15 is 0 Å². The number of para-hydroxylation sites is 1. The number of nitrogens with zero attached hydrogens (tertiary/aromatic N) is 1. The van der Waals surface area contributed by atoms with E-state index < -0.39 is 17.5 Å². The lowest BCUT2D eigenvalue weighted by Crippen LogP contribution is -2.30. The van der Waals surface area contributed by atoms with Gasteiger partial charge in [-0.05, 0) is 49.4 Å². The lowest BCUT2D eigenvalue weighted by Gasteiger charge is -2.21. The number of anilines is 2. The van der Waals surface area contributed by atoms with Crippen molar-refractivity contribution >= 4 is 23.2 Å². The van der Waals surface area contributed by atoms with Crippen molar-refractivity contribution in [2.24, 2.45) is 0 Å². The molecule has 3 aromatic rings. The highest BCUT2D eigenvalue weighted by atomic mass is 19.1. The SMILES string of the molecule is CCN(C(=O)c1cccc(C(=O)Nc2ccc(F)cc2F)c1)c1ccccc1. The number of carbonyl (C=O) groups is 2. The van der Waals surface area contributed by atoms with E-state index in [0.717, 1.165) is 17.8 Å². The van der Waals surface area contributed by atoms with Gasteiger partial charge >= 0.3 is 0 Å². The van der Waals surface area contributed by atoms with Gasteiger partial charge in [-0.15, -0.1) is 0 Å². The molecule has 28 heavy (non-hydrogen) atoms. The van der Waals surface area contributed by atoms with Gasteiger partial charge in [0.15, 0.2) is 0 Å². The summed E-state index contributed by atoms with van der Waals surface area (Å²) >= 11 is 0. The van der Waals surface area contributed by atoms with Crippen LogP contribution >= 0.6 is 0 Å². The average Bonchev–Trinajstić information content (AvgIpc) is 2.71. The Balaban J connectivity index is 1.83. The molecule has 142 valence electrons. The Kier molecular flexibility index (Phi) is 5.79. The van der Waals surface area contributed by atoms with Gasteiger partial charge < -0.3 is 10.2 Å². The fourth-order valence-electron chi connectivity index (χ4n) is 2.79. The van der Waals surface area contributed by atoms with Gasteiger partial charge in [0, 0.05) is 29.4 Å². The highest BCUT2D eigenvalue weighted by molar-refractivity contribution is 6.09. The second-order valence-corrected chi connectivity index (χ2v) is 6.04. The molecule has 0 saturated carbocycles. The molecule has 2 amide bonds. The second-order valence-electron chi connectivity index (χ2n) is 6.04. The van der Waals surface area contributed by atoms with Gasteiger partial charge in [-0.25, -0.2) is 8.78 Å². The number of hydrogen-bond donors (Lipinski definition) is 1. The summed E-state index contributed by atoms with van der Waals surface area (Å²) in [5.41, 5.74) is 1.14. The molecule has 0 heterocycles. The molecule has 0 aliphatic rings. The van der Waals surface area contributed by atoms with Crippen LogP contribution in [0.1, 0.15) is 27.6 Å². The van der Waals surface area contributed by atoms with Crippen LogP contribution in [0.25, 0.3) is 0 Å². The molecule has 0 atom stereocenters. The third kappa shape index (κ3) is 4.23. The molecule has 0 fully saturated rings. The molecule has 1 N–H and O–H groups in total. The maximum Gasteiger partial charge on any atom is 0.258 e. The fraction of sp³-hybridized carbons (Fsp3) is 0.0909. The van der Waals surface area contributed by atoms with E-state index in [9.17, 15) is 18.4 Å². The number of rotatable bonds is 5. The Morgan fingerprint density at radius 1 is 0.893 bits per heavy atom. The molecule has 3 aromatic carbocycles. The van der Waals surface area contributed by atoms with E-state index in [1.54, 1.807) is 17.0 Å². The summed E-state index contributed by atoms with van der Waals surface area (Å²) in [7, 11) is 0. The summed E-state index contributed by atoms with van der Waals surface area (Å²) in [6.45, 7) is 2.32. The van der Waals surface area contributed by atoms with Gasteiger partial charge in [-0.1, -0.05) is 24.3 Å². The predicted octanol–water partition coefficient (Wildman–Crippen LogP) is 4.88. The van der Waals surface area contributed by atoms with Crippen molar-refractivity contribution in [3.63, 3.8) is 0 Å². The Labute approximate surface area is 161 Å². The van der Waals surface area contributed by atoms with Crippen molar-refractivity contribution in [1.29, 1.82) is 0 Å². The van der Waals surface area contributed by atoms with Crippen LogP contribution in [0.15, 0.2) is 72.8 Å². The normalized spacial score (nSPS) is 10.4. The van der Waals surface area contributed by atoms with E-state index in [1.807, 2.05) is 37.3 Å². The first-order valence-corrected chi connectivity index (χ1v) is 8.73. The molecule has 0 aliphatic heterocycles. The van der Waals surface area contributed by atoms with Crippen molar-refractivity contribution in [3.8, 4) is 0 Å². The van der Waals surface area contributed by atoms with Crippen LogP contribution in [-0.4, -0.2) is 18.4 Å². The monoisotopic (exact) mass is 380 g/mol. The first-order valence-electron chi connectivity index (χ1n) is 8.73. The lowest BCUT2D eigenvalue weighted by atomic mass is 10.1. The Bertz CT molecular complexity index is 1010. The number of hydrogen-bond acceptors (Lipinski definition) is 2. The van der Waals surface area contributed by atoms with Gasteiger partial charge in [-0.2, -0.15) is 0 Å². The molecular weight excluding hydrogens is 362 g/mol. The van der Waals surface area contributed by atoms with Gasteiger partial charge in [0.2, 0.25) is 0 Å².